The first-order chi connectivity index (χ1) is 11.3. The summed E-state index contributed by atoms with van der Waals surface area (Å²) in [6.07, 6.45) is -3.98. The summed E-state index contributed by atoms with van der Waals surface area (Å²) in [5.41, 5.74) is 2.13. The number of likely N-dealkylation sites (tertiary alicyclic amines) is 1. The van der Waals surface area contributed by atoms with E-state index in [0.29, 0.717) is 12.2 Å². The van der Waals surface area contributed by atoms with Gasteiger partial charge in [-0.3, -0.25) is 4.79 Å². The van der Waals surface area contributed by atoms with Gasteiger partial charge in [0.25, 0.3) is 0 Å². The van der Waals surface area contributed by atoms with E-state index >= 15 is 0 Å². The van der Waals surface area contributed by atoms with E-state index in [-0.39, 0.29) is 18.9 Å². The summed E-state index contributed by atoms with van der Waals surface area (Å²) in [6, 6.07) is 7.84. The van der Waals surface area contributed by atoms with Crippen LogP contribution in [0.3, 0.4) is 0 Å². The van der Waals surface area contributed by atoms with E-state index in [0.717, 1.165) is 16.0 Å². The molecule has 1 aliphatic heterocycles. The number of aryl methyl sites for hydroxylation is 1. The Morgan fingerprint density at radius 3 is 2.88 bits per heavy atom. The van der Waals surface area contributed by atoms with Gasteiger partial charge in [-0.15, -0.1) is 0 Å². The molecule has 1 aromatic carbocycles. The Hall–Kier alpha value is -2.38. The second-order valence-electron chi connectivity index (χ2n) is 6.01. The summed E-state index contributed by atoms with van der Waals surface area (Å²) in [4.78, 5) is 16.7. The van der Waals surface area contributed by atoms with Crippen molar-refractivity contribution in [3.63, 3.8) is 0 Å². The molecule has 0 bridgehead atoms. The molecule has 1 saturated heterocycles. The topological polar surface area (TPSA) is 59.2 Å². The highest BCUT2D eigenvalue weighted by atomic mass is 19.4. The summed E-state index contributed by atoms with van der Waals surface area (Å²) < 4.78 is 42.5. The van der Waals surface area contributed by atoms with E-state index in [1.165, 1.54) is 0 Å². The molecule has 1 atom stereocenters. The van der Waals surface area contributed by atoms with Gasteiger partial charge in [0.05, 0.1) is 5.92 Å². The highest BCUT2D eigenvalue weighted by Gasteiger charge is 2.40. The normalized spacial score (nSPS) is 18.4. The molecule has 8 heteroatoms. The molecule has 1 aromatic heterocycles. The van der Waals surface area contributed by atoms with Crippen LogP contribution in [-0.2, 0) is 11.2 Å². The minimum Gasteiger partial charge on any atom is -0.339 e. The highest BCUT2D eigenvalue weighted by Crippen LogP contribution is 2.29. The summed E-state index contributed by atoms with van der Waals surface area (Å²) in [7, 11) is 0. The number of hydrogen-bond donors (Lipinski definition) is 0. The third kappa shape index (κ3) is 3.93. The van der Waals surface area contributed by atoms with E-state index in [4.69, 9.17) is 4.52 Å². The molecule has 2 heterocycles. The maximum absolute atomic E-state index is 12.4. The van der Waals surface area contributed by atoms with Crippen molar-refractivity contribution in [3.8, 4) is 0 Å². The molecule has 0 N–H and O–H groups in total. The fraction of sp³-hybridized carbons (Fsp3) is 0.438. The smallest absolute Gasteiger partial charge is 0.339 e. The van der Waals surface area contributed by atoms with Crippen molar-refractivity contribution < 1.29 is 22.5 Å². The predicted octanol–water partition coefficient (Wildman–Crippen LogP) is 2.85. The van der Waals surface area contributed by atoms with Crippen molar-refractivity contribution in [1.82, 2.24) is 15.0 Å². The Kier molecular flexibility index (Phi) is 4.29. The molecule has 0 radical (unpaired) electrons. The Balaban J connectivity index is 1.67. The minimum atomic E-state index is -4.41. The van der Waals surface area contributed by atoms with Crippen LogP contribution in [0.4, 0.5) is 13.2 Å². The van der Waals surface area contributed by atoms with Crippen LogP contribution in [0, 0.1) is 6.92 Å². The van der Waals surface area contributed by atoms with Gasteiger partial charge in [0.2, 0.25) is 11.8 Å². The number of nitrogens with zero attached hydrogens (tertiary/aromatic N) is 3. The van der Waals surface area contributed by atoms with Gasteiger partial charge in [-0.05, 0) is 12.5 Å². The van der Waals surface area contributed by atoms with Crippen LogP contribution in [0.5, 0.6) is 0 Å². The van der Waals surface area contributed by atoms with Crippen LogP contribution in [-0.4, -0.2) is 40.2 Å². The van der Waals surface area contributed by atoms with Gasteiger partial charge in [0.15, 0.2) is 5.82 Å². The van der Waals surface area contributed by atoms with E-state index in [9.17, 15) is 18.0 Å². The second-order valence-corrected chi connectivity index (χ2v) is 6.01. The molecular formula is C16H16F3N3O2. The number of rotatable bonds is 4. The number of carbonyl (C=O) groups excluding carboxylic acids is 1. The van der Waals surface area contributed by atoms with Crippen LogP contribution in [0.1, 0.15) is 35.2 Å². The molecule has 1 amide bonds. The molecule has 24 heavy (non-hydrogen) atoms. The summed E-state index contributed by atoms with van der Waals surface area (Å²) in [5, 5.41) is 3.87. The zero-order chi connectivity index (χ0) is 17.3. The van der Waals surface area contributed by atoms with Gasteiger partial charge in [-0.1, -0.05) is 35.0 Å². The Bertz CT molecular complexity index is 742. The van der Waals surface area contributed by atoms with Crippen molar-refractivity contribution in [2.24, 2.45) is 0 Å². The Morgan fingerprint density at radius 2 is 2.17 bits per heavy atom. The number of aromatic nitrogens is 2. The minimum absolute atomic E-state index is 0.0395. The highest BCUT2D eigenvalue weighted by molar-refractivity contribution is 5.79. The fourth-order valence-corrected chi connectivity index (χ4v) is 2.82. The van der Waals surface area contributed by atoms with Crippen LogP contribution in [0.25, 0.3) is 0 Å². The van der Waals surface area contributed by atoms with Gasteiger partial charge in [0, 0.05) is 19.4 Å². The molecule has 0 aliphatic carbocycles. The lowest BCUT2D eigenvalue weighted by Gasteiger charge is -2.17. The number of alkyl halides is 3. The number of halogens is 3. The first-order valence-corrected chi connectivity index (χ1v) is 7.53. The van der Waals surface area contributed by atoms with Gasteiger partial charge in [-0.25, -0.2) is 0 Å². The van der Waals surface area contributed by atoms with Gasteiger partial charge in [0.1, 0.15) is 6.54 Å². The van der Waals surface area contributed by atoms with Crippen LogP contribution in [0.2, 0.25) is 0 Å². The lowest BCUT2D eigenvalue weighted by atomic mass is 10.1. The average molecular weight is 339 g/mol. The fourth-order valence-electron chi connectivity index (χ4n) is 2.82. The largest absolute Gasteiger partial charge is 0.406 e. The summed E-state index contributed by atoms with van der Waals surface area (Å²) in [5.74, 6) is -0.359. The number of hydrogen-bond acceptors (Lipinski definition) is 4. The molecule has 3 rings (SSSR count). The van der Waals surface area contributed by atoms with Crippen molar-refractivity contribution in [3.05, 3.63) is 47.1 Å². The zero-order valence-electron chi connectivity index (χ0n) is 13.0. The average Bonchev–Trinajstić information content (AvgIpc) is 3.05. The van der Waals surface area contributed by atoms with Gasteiger partial charge >= 0.3 is 6.18 Å². The first-order valence-electron chi connectivity index (χ1n) is 7.53. The maximum atomic E-state index is 12.4. The number of carbonyl (C=O) groups is 1. The van der Waals surface area contributed by atoms with Gasteiger partial charge in [-0.2, -0.15) is 18.2 Å². The molecule has 0 spiro atoms. The molecule has 0 saturated carbocycles. The van der Waals surface area contributed by atoms with E-state index in [1.54, 1.807) is 0 Å². The van der Waals surface area contributed by atoms with Crippen molar-refractivity contribution in [2.75, 3.05) is 13.1 Å². The quantitative estimate of drug-likeness (QED) is 0.859. The molecule has 5 nitrogen and oxygen atoms in total. The predicted molar refractivity (Wildman–Crippen MR) is 78.3 cm³/mol. The lowest BCUT2D eigenvalue weighted by Crippen LogP contribution is -2.35. The molecule has 0 unspecified atom stereocenters. The number of benzene rings is 1. The molecule has 1 aliphatic rings. The number of amides is 1. The van der Waals surface area contributed by atoms with Crippen molar-refractivity contribution >= 4 is 5.91 Å². The SMILES string of the molecule is Cc1cccc(Cc2noc([C@H]3CC(=O)N(CC(F)(F)F)C3)n2)c1. The first kappa shape index (κ1) is 16.5. The van der Waals surface area contributed by atoms with Crippen LogP contribution < -0.4 is 0 Å². The second kappa shape index (κ2) is 6.26. The van der Waals surface area contributed by atoms with E-state index in [2.05, 4.69) is 10.1 Å². The summed E-state index contributed by atoms with van der Waals surface area (Å²) in [6.45, 7) is 0.682. The van der Waals surface area contributed by atoms with Crippen LogP contribution in [0.15, 0.2) is 28.8 Å². The van der Waals surface area contributed by atoms with Crippen molar-refractivity contribution in [1.29, 1.82) is 0 Å². The Labute approximate surface area is 136 Å². The van der Waals surface area contributed by atoms with Crippen LogP contribution >= 0.6 is 0 Å². The van der Waals surface area contributed by atoms with Crippen molar-refractivity contribution in [2.45, 2.75) is 31.9 Å². The molecular weight excluding hydrogens is 323 g/mol. The standard InChI is InChI=1S/C16H16F3N3O2/c1-10-3-2-4-11(5-10)6-13-20-15(24-21-13)12-7-14(23)22(8-12)9-16(17,18)19/h2-5,12H,6-9H2,1H3/t12-/m0/s1. The Morgan fingerprint density at radius 1 is 1.38 bits per heavy atom. The molecule has 1 fully saturated rings. The summed E-state index contributed by atoms with van der Waals surface area (Å²) >= 11 is 0. The van der Waals surface area contributed by atoms with Gasteiger partial charge < -0.3 is 9.42 Å². The van der Waals surface area contributed by atoms with E-state index in [1.807, 2.05) is 31.2 Å². The monoisotopic (exact) mass is 339 g/mol. The third-order valence-electron chi connectivity index (χ3n) is 3.86. The van der Waals surface area contributed by atoms with E-state index < -0.39 is 24.5 Å². The zero-order valence-corrected chi connectivity index (χ0v) is 13.0. The molecule has 2 aromatic rings. The maximum Gasteiger partial charge on any atom is 0.406 e. The lowest BCUT2D eigenvalue weighted by molar-refractivity contribution is -0.157. The molecule has 128 valence electrons. The third-order valence-corrected chi connectivity index (χ3v) is 3.86.